The van der Waals surface area contributed by atoms with Crippen molar-refractivity contribution in [2.45, 2.75) is 31.8 Å². The molecule has 1 unspecified atom stereocenters. The summed E-state index contributed by atoms with van der Waals surface area (Å²) in [6.45, 7) is 3.99. The van der Waals surface area contributed by atoms with Crippen molar-refractivity contribution in [3.63, 3.8) is 0 Å². The Bertz CT molecular complexity index is 390. The van der Waals surface area contributed by atoms with Crippen molar-refractivity contribution in [1.29, 1.82) is 0 Å². The Hall–Kier alpha value is -0.380. The van der Waals surface area contributed by atoms with Gasteiger partial charge < -0.3 is 5.73 Å². The Labute approximate surface area is 112 Å². The lowest BCUT2D eigenvalue weighted by atomic mass is 9.93. The van der Waals surface area contributed by atoms with Crippen LogP contribution in [0.3, 0.4) is 0 Å². The Kier molecular flexibility index (Phi) is 3.91. The Morgan fingerprint density at radius 2 is 2.18 bits per heavy atom. The van der Waals surface area contributed by atoms with E-state index < -0.39 is 0 Å². The summed E-state index contributed by atoms with van der Waals surface area (Å²) in [6.07, 6.45) is 2.66. The molecule has 0 amide bonds. The number of rotatable bonds is 5. The SMILES string of the molecule is CN(Cc1cccc(Br)c1)C(C)(CN)C1CC1. The number of nitrogens with zero attached hydrogens (tertiary/aromatic N) is 1. The molecule has 1 saturated carbocycles. The van der Waals surface area contributed by atoms with Crippen LogP contribution >= 0.6 is 15.9 Å². The van der Waals surface area contributed by atoms with E-state index in [1.807, 2.05) is 0 Å². The molecule has 17 heavy (non-hydrogen) atoms. The summed E-state index contributed by atoms with van der Waals surface area (Å²) in [5, 5.41) is 0. The van der Waals surface area contributed by atoms with E-state index in [0.29, 0.717) is 0 Å². The molecule has 0 aromatic heterocycles. The van der Waals surface area contributed by atoms with Crippen molar-refractivity contribution in [2.75, 3.05) is 13.6 Å². The van der Waals surface area contributed by atoms with E-state index in [0.717, 1.165) is 23.5 Å². The summed E-state index contributed by atoms with van der Waals surface area (Å²) in [5.41, 5.74) is 7.47. The van der Waals surface area contributed by atoms with Gasteiger partial charge in [-0.25, -0.2) is 0 Å². The molecule has 1 aliphatic rings. The quantitative estimate of drug-likeness (QED) is 0.905. The number of halogens is 1. The van der Waals surface area contributed by atoms with E-state index in [1.165, 1.54) is 18.4 Å². The molecule has 2 rings (SSSR count). The third-order valence-electron chi connectivity index (χ3n) is 4.05. The minimum absolute atomic E-state index is 0.155. The molecule has 94 valence electrons. The van der Waals surface area contributed by atoms with Crippen LogP contribution in [0.15, 0.2) is 28.7 Å². The second kappa shape index (κ2) is 5.09. The average Bonchev–Trinajstić information content (AvgIpc) is 3.12. The number of hydrogen-bond acceptors (Lipinski definition) is 2. The van der Waals surface area contributed by atoms with E-state index in [1.54, 1.807) is 0 Å². The Morgan fingerprint density at radius 3 is 2.71 bits per heavy atom. The molecule has 0 radical (unpaired) electrons. The molecule has 2 N–H and O–H groups in total. The van der Waals surface area contributed by atoms with E-state index >= 15 is 0 Å². The lowest BCUT2D eigenvalue weighted by molar-refractivity contribution is 0.113. The molecule has 0 spiro atoms. The van der Waals surface area contributed by atoms with Gasteiger partial charge in [0, 0.05) is 23.1 Å². The number of nitrogens with two attached hydrogens (primary N) is 1. The summed E-state index contributed by atoms with van der Waals surface area (Å²) in [4.78, 5) is 2.41. The molecule has 1 aliphatic carbocycles. The zero-order valence-electron chi connectivity index (χ0n) is 10.6. The minimum Gasteiger partial charge on any atom is -0.329 e. The van der Waals surface area contributed by atoms with Crippen LogP contribution in [-0.2, 0) is 6.54 Å². The zero-order valence-corrected chi connectivity index (χ0v) is 12.2. The molecule has 0 saturated heterocycles. The summed E-state index contributed by atoms with van der Waals surface area (Å²) in [5.74, 6) is 0.782. The molecule has 3 heteroatoms. The van der Waals surface area contributed by atoms with E-state index in [-0.39, 0.29) is 5.54 Å². The Balaban J connectivity index is 2.07. The first-order chi connectivity index (χ1) is 8.06. The van der Waals surface area contributed by atoms with E-state index in [2.05, 4.69) is 59.1 Å². The molecular formula is C14H21BrN2. The van der Waals surface area contributed by atoms with Gasteiger partial charge >= 0.3 is 0 Å². The lowest BCUT2D eigenvalue weighted by Gasteiger charge is -2.38. The van der Waals surface area contributed by atoms with E-state index in [9.17, 15) is 0 Å². The van der Waals surface area contributed by atoms with Gasteiger partial charge in [0.2, 0.25) is 0 Å². The van der Waals surface area contributed by atoms with Gasteiger partial charge in [-0.3, -0.25) is 4.90 Å². The monoisotopic (exact) mass is 296 g/mol. The van der Waals surface area contributed by atoms with Crippen LogP contribution < -0.4 is 5.73 Å². The molecule has 1 aromatic carbocycles. The van der Waals surface area contributed by atoms with Gasteiger partial charge in [0.1, 0.15) is 0 Å². The molecule has 0 bridgehead atoms. The van der Waals surface area contributed by atoms with Crippen LogP contribution in [0.25, 0.3) is 0 Å². The maximum Gasteiger partial charge on any atom is 0.0332 e. The first kappa shape index (κ1) is 13.1. The summed E-state index contributed by atoms with van der Waals surface area (Å²) >= 11 is 3.52. The van der Waals surface area contributed by atoms with Crippen LogP contribution in [0, 0.1) is 5.92 Å². The maximum atomic E-state index is 5.98. The third-order valence-corrected chi connectivity index (χ3v) is 4.54. The minimum atomic E-state index is 0.155. The van der Waals surface area contributed by atoms with Crippen molar-refractivity contribution < 1.29 is 0 Å². The summed E-state index contributed by atoms with van der Waals surface area (Å²) in [7, 11) is 2.19. The number of likely N-dealkylation sites (N-methyl/N-ethyl adjacent to an activating group) is 1. The first-order valence-corrected chi connectivity index (χ1v) is 7.01. The first-order valence-electron chi connectivity index (χ1n) is 6.22. The van der Waals surface area contributed by atoms with Crippen LogP contribution in [-0.4, -0.2) is 24.0 Å². The largest absolute Gasteiger partial charge is 0.329 e. The van der Waals surface area contributed by atoms with Crippen LogP contribution in [0.5, 0.6) is 0 Å². The highest BCUT2D eigenvalue weighted by atomic mass is 79.9. The number of hydrogen-bond donors (Lipinski definition) is 1. The van der Waals surface area contributed by atoms with Gasteiger partial charge in [-0.2, -0.15) is 0 Å². The predicted molar refractivity (Wildman–Crippen MR) is 75.8 cm³/mol. The fourth-order valence-electron chi connectivity index (χ4n) is 2.43. The normalized spacial score (nSPS) is 19.4. The Morgan fingerprint density at radius 1 is 1.47 bits per heavy atom. The van der Waals surface area contributed by atoms with Gasteiger partial charge in [0.25, 0.3) is 0 Å². The van der Waals surface area contributed by atoms with Crippen molar-refractivity contribution in [2.24, 2.45) is 11.7 Å². The molecule has 1 atom stereocenters. The second-order valence-corrected chi connectivity index (χ2v) is 6.24. The standard InChI is InChI=1S/C14H21BrN2/c1-14(10-16,12-6-7-12)17(2)9-11-4-3-5-13(15)8-11/h3-5,8,12H,6-7,9-10,16H2,1-2H3. The second-order valence-electron chi connectivity index (χ2n) is 5.32. The van der Waals surface area contributed by atoms with Crippen molar-refractivity contribution in [3.05, 3.63) is 34.3 Å². The summed E-state index contributed by atoms with van der Waals surface area (Å²) in [6, 6.07) is 8.50. The summed E-state index contributed by atoms with van der Waals surface area (Å²) < 4.78 is 1.14. The van der Waals surface area contributed by atoms with E-state index in [4.69, 9.17) is 5.73 Å². The van der Waals surface area contributed by atoms with Crippen molar-refractivity contribution in [1.82, 2.24) is 4.90 Å². The van der Waals surface area contributed by atoms with Crippen LogP contribution in [0.4, 0.5) is 0 Å². The van der Waals surface area contributed by atoms with Crippen LogP contribution in [0.1, 0.15) is 25.3 Å². The molecular weight excluding hydrogens is 276 g/mol. The maximum absolute atomic E-state index is 5.98. The molecule has 1 aromatic rings. The highest BCUT2D eigenvalue weighted by Gasteiger charge is 2.43. The highest BCUT2D eigenvalue weighted by molar-refractivity contribution is 9.10. The topological polar surface area (TPSA) is 29.3 Å². The predicted octanol–water partition coefficient (Wildman–Crippen LogP) is 3.01. The van der Waals surface area contributed by atoms with Gasteiger partial charge in [-0.15, -0.1) is 0 Å². The molecule has 1 fully saturated rings. The zero-order chi connectivity index (χ0) is 12.5. The number of benzene rings is 1. The lowest BCUT2D eigenvalue weighted by Crippen LogP contribution is -2.51. The fraction of sp³-hybridized carbons (Fsp3) is 0.571. The highest BCUT2D eigenvalue weighted by Crippen LogP contribution is 2.42. The smallest absolute Gasteiger partial charge is 0.0332 e. The van der Waals surface area contributed by atoms with Crippen molar-refractivity contribution >= 4 is 15.9 Å². The molecule has 0 heterocycles. The van der Waals surface area contributed by atoms with Gasteiger partial charge in [0.05, 0.1) is 0 Å². The molecule has 2 nitrogen and oxygen atoms in total. The van der Waals surface area contributed by atoms with Gasteiger partial charge in [0.15, 0.2) is 0 Å². The average molecular weight is 297 g/mol. The fourth-order valence-corrected chi connectivity index (χ4v) is 2.88. The van der Waals surface area contributed by atoms with Gasteiger partial charge in [-0.05, 0) is 50.4 Å². The van der Waals surface area contributed by atoms with Crippen LogP contribution in [0.2, 0.25) is 0 Å². The van der Waals surface area contributed by atoms with Gasteiger partial charge in [-0.1, -0.05) is 28.1 Å². The third kappa shape index (κ3) is 2.90. The van der Waals surface area contributed by atoms with Crippen molar-refractivity contribution in [3.8, 4) is 0 Å². The molecule has 0 aliphatic heterocycles.